The molecule has 0 fully saturated rings. The maximum atomic E-state index is 5.45. The largest absolute Gasteiger partial charge is 0.311 e. The summed E-state index contributed by atoms with van der Waals surface area (Å²) < 4.78 is 2.51. The van der Waals surface area contributed by atoms with Crippen LogP contribution in [0.1, 0.15) is 105 Å². The van der Waals surface area contributed by atoms with Crippen LogP contribution in [-0.2, 0) is 21.7 Å². The number of pyridine rings is 2. The van der Waals surface area contributed by atoms with Crippen molar-refractivity contribution in [1.29, 1.82) is 0 Å². The van der Waals surface area contributed by atoms with Crippen LogP contribution in [0.5, 0.6) is 0 Å². The van der Waals surface area contributed by atoms with E-state index in [9.17, 15) is 0 Å². The van der Waals surface area contributed by atoms with E-state index >= 15 is 0 Å². The van der Waals surface area contributed by atoms with Gasteiger partial charge in [-0.3, -0.25) is 0 Å². The Morgan fingerprint density at radius 3 is 1.04 bits per heavy atom. The van der Waals surface area contributed by atoms with Crippen LogP contribution in [0, 0.1) is 0 Å². The quantitative estimate of drug-likeness (QED) is 0.128. The number of hydrogen-bond donors (Lipinski definition) is 0. The molecule has 12 aromatic carbocycles. The normalized spacial score (nSPS) is 12.9. The molecule has 506 valence electrons. The van der Waals surface area contributed by atoms with Crippen LogP contribution in [0.15, 0.2) is 303 Å². The lowest BCUT2D eigenvalue weighted by molar-refractivity contribution is 0.568. The lowest BCUT2D eigenvalue weighted by Gasteiger charge is -2.45. The molecule has 2 aliphatic heterocycles. The van der Waals surface area contributed by atoms with Crippen molar-refractivity contribution < 1.29 is 0 Å². The minimum Gasteiger partial charge on any atom is -0.311 e. The molecule has 0 amide bonds. The van der Waals surface area contributed by atoms with E-state index < -0.39 is 0 Å². The van der Waals surface area contributed by atoms with Gasteiger partial charge in [0.1, 0.15) is 0 Å². The molecule has 0 N–H and O–H groups in total. The Bertz CT molecular complexity index is 5520. The predicted molar refractivity (Wildman–Crippen MR) is 443 cm³/mol. The third-order valence-corrected chi connectivity index (χ3v) is 21.5. The van der Waals surface area contributed by atoms with E-state index in [-0.39, 0.29) is 28.4 Å². The Kier molecular flexibility index (Phi) is 15.9. The molecule has 17 rings (SSSR count). The Morgan fingerprint density at radius 1 is 0.250 bits per heavy atom. The highest BCUT2D eigenvalue weighted by atomic mass is 15.2. The fourth-order valence-electron chi connectivity index (χ4n) is 15.8. The van der Waals surface area contributed by atoms with Crippen LogP contribution in [0.2, 0.25) is 0 Å². The van der Waals surface area contributed by atoms with E-state index in [0.717, 1.165) is 95.1 Å². The van der Waals surface area contributed by atoms with E-state index in [4.69, 9.17) is 9.97 Å². The van der Waals surface area contributed by atoms with Gasteiger partial charge in [0, 0.05) is 72.7 Å². The first kappa shape index (κ1) is 65.7. The standard InChI is InChI=1S/C98H86BN5/c1-95(2,3)72-57-73(96(4,5)6)60-76(59-72)102-90-43-29-26-40-81(90)99-82-41-27-30-44-91(82)103(77-61-74(97(7,8)9)58-75(62-77)98(10,11)12)93-56-70(55-92(102)94(93)99)68-46-48-89-80(50-68)78-39-25-28-42-87(78)104(89)88-47-45-67(69-51-83(63-31-17-13-18-32-63)100-84(52-69)64-33-19-14-20-34-64)49-79(88)71-53-85(65-35-21-15-22-36-65)101-86(54-71)66-37-23-16-24-38-66/h13-62H,1-12H3. The van der Waals surface area contributed by atoms with E-state index in [1.807, 2.05) is 0 Å². The van der Waals surface area contributed by atoms with Gasteiger partial charge >= 0.3 is 0 Å². The Morgan fingerprint density at radius 2 is 0.606 bits per heavy atom. The molecule has 3 aromatic heterocycles. The summed E-state index contributed by atoms with van der Waals surface area (Å²) in [6.07, 6.45) is 0. The zero-order chi connectivity index (χ0) is 71.6. The van der Waals surface area contributed by atoms with Crippen molar-refractivity contribution in [2.75, 3.05) is 9.80 Å². The van der Waals surface area contributed by atoms with Gasteiger partial charge in [0.05, 0.1) is 39.5 Å². The molecule has 0 radical (unpaired) electrons. The van der Waals surface area contributed by atoms with E-state index in [2.05, 4.69) is 401 Å². The van der Waals surface area contributed by atoms with Gasteiger partial charge in [-0.05, 0) is 191 Å². The first-order chi connectivity index (χ1) is 50.1. The molecule has 0 atom stereocenters. The van der Waals surface area contributed by atoms with Crippen LogP contribution >= 0.6 is 0 Å². The maximum absolute atomic E-state index is 5.45. The number of aromatic nitrogens is 3. The maximum Gasteiger partial charge on any atom is 0.252 e. The minimum atomic E-state index is -0.113. The van der Waals surface area contributed by atoms with Gasteiger partial charge in [-0.15, -0.1) is 0 Å². The molecular formula is C98H86BN5. The van der Waals surface area contributed by atoms with Crippen molar-refractivity contribution in [2.24, 2.45) is 0 Å². The molecule has 2 aliphatic rings. The van der Waals surface area contributed by atoms with E-state index in [0.29, 0.717) is 0 Å². The topological polar surface area (TPSA) is 37.2 Å². The van der Waals surface area contributed by atoms with Crippen LogP contribution in [0.3, 0.4) is 0 Å². The summed E-state index contributed by atoms with van der Waals surface area (Å²) in [5.74, 6) is 0. The van der Waals surface area contributed by atoms with Crippen molar-refractivity contribution in [3.8, 4) is 84.1 Å². The molecule has 104 heavy (non-hydrogen) atoms. The van der Waals surface area contributed by atoms with Gasteiger partial charge < -0.3 is 14.4 Å². The number of rotatable bonds is 10. The number of anilines is 6. The monoisotopic (exact) mass is 1340 g/mol. The third kappa shape index (κ3) is 11.8. The number of fused-ring (bicyclic) bond motifs is 7. The first-order valence-electron chi connectivity index (χ1n) is 36.8. The van der Waals surface area contributed by atoms with Gasteiger partial charge in [-0.25, -0.2) is 9.97 Å². The molecule has 5 nitrogen and oxygen atoms in total. The van der Waals surface area contributed by atoms with Crippen molar-refractivity contribution in [2.45, 2.75) is 105 Å². The Hall–Kier alpha value is -11.6. The molecule has 0 spiro atoms. The molecule has 15 aromatic rings. The highest BCUT2D eigenvalue weighted by molar-refractivity contribution is 7.00. The number of hydrogen-bond acceptors (Lipinski definition) is 4. The predicted octanol–water partition coefficient (Wildman–Crippen LogP) is 24.5. The van der Waals surface area contributed by atoms with Gasteiger partial charge in [0.2, 0.25) is 0 Å². The molecule has 0 saturated heterocycles. The van der Waals surface area contributed by atoms with Gasteiger partial charge in [-0.1, -0.05) is 283 Å². The van der Waals surface area contributed by atoms with E-state index in [1.54, 1.807) is 0 Å². The van der Waals surface area contributed by atoms with Crippen LogP contribution < -0.4 is 26.2 Å². The van der Waals surface area contributed by atoms with Crippen molar-refractivity contribution >= 4 is 79.0 Å². The minimum absolute atomic E-state index is 0.0425. The smallest absolute Gasteiger partial charge is 0.252 e. The number of nitrogens with zero attached hydrogens (tertiary/aromatic N) is 5. The summed E-state index contributed by atoms with van der Waals surface area (Å²) in [5.41, 5.74) is 33.5. The van der Waals surface area contributed by atoms with Crippen molar-refractivity contribution in [3.63, 3.8) is 0 Å². The summed E-state index contributed by atoms with van der Waals surface area (Å²) in [5, 5.41) is 2.34. The second kappa shape index (κ2) is 25.1. The van der Waals surface area contributed by atoms with E-state index in [1.165, 1.54) is 83.5 Å². The van der Waals surface area contributed by atoms with Crippen molar-refractivity contribution in [3.05, 3.63) is 326 Å². The molecule has 0 saturated carbocycles. The molecule has 0 bridgehead atoms. The van der Waals surface area contributed by atoms with Crippen LogP contribution in [0.25, 0.3) is 106 Å². The molecule has 5 heterocycles. The first-order valence-corrected chi connectivity index (χ1v) is 36.8. The molecule has 6 heteroatoms. The lowest BCUT2D eigenvalue weighted by atomic mass is 9.33. The zero-order valence-corrected chi connectivity index (χ0v) is 61.7. The zero-order valence-electron chi connectivity index (χ0n) is 61.7. The fourth-order valence-corrected chi connectivity index (χ4v) is 15.8. The Labute approximate surface area is 614 Å². The third-order valence-electron chi connectivity index (χ3n) is 21.5. The summed E-state index contributed by atoms with van der Waals surface area (Å²) >= 11 is 0. The van der Waals surface area contributed by atoms with Gasteiger partial charge in [0.15, 0.2) is 0 Å². The fraction of sp³-hybridized carbons (Fsp3) is 0.163. The number of benzene rings is 12. The highest BCUT2D eigenvalue weighted by Crippen LogP contribution is 2.50. The van der Waals surface area contributed by atoms with Crippen LogP contribution in [-0.4, -0.2) is 21.2 Å². The number of para-hydroxylation sites is 3. The second-order valence-corrected chi connectivity index (χ2v) is 32.7. The average molecular weight is 1340 g/mol. The average Bonchev–Trinajstić information content (AvgIpc) is 0.740. The molecule has 0 unspecified atom stereocenters. The Balaban J connectivity index is 0.929. The SMILES string of the molecule is CC(C)(C)c1cc(N2c3ccccc3B3c4ccccc4N(c4cc(C(C)(C)C)cc(C(C)(C)C)c4)c4cc(-c5ccc6c(c5)c5ccccc5n6-c5ccc(-c6cc(-c7ccccc7)nc(-c7ccccc7)c6)cc5-c5cc(-c6ccccc6)nc(-c6ccccc6)c5)cc2c43)cc(C(C)(C)C)c1. The lowest BCUT2D eigenvalue weighted by Crippen LogP contribution is -2.61. The second-order valence-electron chi connectivity index (χ2n) is 32.7. The summed E-state index contributed by atoms with van der Waals surface area (Å²) in [6.45, 7) is 28.2. The van der Waals surface area contributed by atoms with Gasteiger partial charge in [0.25, 0.3) is 6.71 Å². The molecular weight excluding hydrogens is 1260 g/mol. The summed E-state index contributed by atoms with van der Waals surface area (Å²) in [6, 6.07) is 113. The van der Waals surface area contributed by atoms with Gasteiger partial charge in [-0.2, -0.15) is 0 Å². The summed E-state index contributed by atoms with van der Waals surface area (Å²) in [4.78, 5) is 16.0. The van der Waals surface area contributed by atoms with Crippen LogP contribution in [0.4, 0.5) is 34.1 Å². The highest BCUT2D eigenvalue weighted by Gasteiger charge is 2.44. The van der Waals surface area contributed by atoms with Crippen molar-refractivity contribution in [1.82, 2.24) is 14.5 Å². The molecule has 0 aliphatic carbocycles. The summed E-state index contributed by atoms with van der Waals surface area (Å²) in [7, 11) is 0.